The first-order valence-electron chi connectivity index (χ1n) is 6.56. The zero-order valence-corrected chi connectivity index (χ0v) is 12.4. The Bertz CT molecular complexity index is 369. The van der Waals surface area contributed by atoms with Gasteiger partial charge in [0.25, 0.3) is 0 Å². The van der Waals surface area contributed by atoms with E-state index in [0.29, 0.717) is 34.9 Å². The Morgan fingerprint density at radius 3 is 2.28 bits per heavy atom. The molecule has 0 saturated heterocycles. The average Bonchev–Trinajstić information content (AvgIpc) is 2.25. The van der Waals surface area contributed by atoms with Crippen molar-refractivity contribution in [3.63, 3.8) is 0 Å². The number of hydrogen-bond donors (Lipinski definition) is 1. The Balaban J connectivity index is 2.50. The molecule has 0 aliphatic heterocycles. The smallest absolute Gasteiger partial charge is 0.129 e. The summed E-state index contributed by atoms with van der Waals surface area (Å²) in [5, 5.41) is 3.78. The highest BCUT2D eigenvalue weighted by Gasteiger charge is 2.16. The second-order valence-corrected chi connectivity index (χ2v) is 5.95. The number of halogens is 2. The third-order valence-electron chi connectivity index (χ3n) is 3.42. The van der Waals surface area contributed by atoms with Crippen LogP contribution in [0.2, 0.25) is 5.02 Å². The summed E-state index contributed by atoms with van der Waals surface area (Å²) in [5.41, 5.74) is 0.672. The Hall–Kier alpha value is -0.600. The van der Waals surface area contributed by atoms with E-state index < -0.39 is 0 Å². The predicted octanol–water partition coefficient (Wildman–Crippen LogP) is 4.50. The van der Waals surface area contributed by atoms with E-state index in [0.717, 1.165) is 6.54 Å². The first-order chi connectivity index (χ1) is 8.41. The molecule has 0 bridgehead atoms. The molecule has 18 heavy (non-hydrogen) atoms. The van der Waals surface area contributed by atoms with Crippen molar-refractivity contribution in [2.24, 2.45) is 17.8 Å². The van der Waals surface area contributed by atoms with Gasteiger partial charge in [0.05, 0.1) is 0 Å². The van der Waals surface area contributed by atoms with Crippen LogP contribution < -0.4 is 5.32 Å². The zero-order valence-electron chi connectivity index (χ0n) is 11.6. The number of rotatable bonds is 6. The number of nitrogens with one attached hydrogen (secondary N) is 1. The molecule has 1 nitrogen and oxygen atoms in total. The maximum absolute atomic E-state index is 13.6. The van der Waals surface area contributed by atoms with Crippen LogP contribution in [0.3, 0.4) is 0 Å². The lowest BCUT2D eigenvalue weighted by atomic mass is 9.85. The molecule has 0 amide bonds. The topological polar surface area (TPSA) is 12.0 Å². The highest BCUT2D eigenvalue weighted by molar-refractivity contribution is 6.30. The Morgan fingerprint density at radius 1 is 1.17 bits per heavy atom. The molecule has 0 aliphatic rings. The molecule has 0 saturated carbocycles. The fourth-order valence-electron chi connectivity index (χ4n) is 2.28. The summed E-state index contributed by atoms with van der Waals surface area (Å²) in [6, 6.07) is 4.83. The summed E-state index contributed by atoms with van der Waals surface area (Å²) in [6.07, 6.45) is 0. The van der Waals surface area contributed by atoms with E-state index in [1.165, 1.54) is 6.07 Å². The average molecular weight is 272 g/mol. The van der Waals surface area contributed by atoms with Gasteiger partial charge in [0.1, 0.15) is 5.82 Å². The fourth-order valence-corrected chi connectivity index (χ4v) is 2.44. The van der Waals surface area contributed by atoms with Crippen LogP contribution in [0.1, 0.15) is 33.3 Å². The molecule has 0 heterocycles. The summed E-state index contributed by atoms with van der Waals surface area (Å²) < 4.78 is 13.6. The van der Waals surface area contributed by atoms with Gasteiger partial charge in [-0.3, -0.25) is 0 Å². The lowest BCUT2D eigenvalue weighted by Crippen LogP contribution is -2.29. The van der Waals surface area contributed by atoms with Gasteiger partial charge in [0, 0.05) is 17.1 Å². The van der Waals surface area contributed by atoms with E-state index in [9.17, 15) is 4.39 Å². The van der Waals surface area contributed by atoms with E-state index in [-0.39, 0.29) is 5.82 Å². The van der Waals surface area contributed by atoms with Crippen LogP contribution in [0.4, 0.5) is 4.39 Å². The van der Waals surface area contributed by atoms with Crippen molar-refractivity contribution in [3.8, 4) is 0 Å². The van der Waals surface area contributed by atoms with Crippen LogP contribution in [0.5, 0.6) is 0 Å². The van der Waals surface area contributed by atoms with Crippen LogP contribution >= 0.6 is 11.6 Å². The van der Waals surface area contributed by atoms with Crippen LogP contribution in [-0.2, 0) is 6.54 Å². The molecule has 102 valence electrons. The summed E-state index contributed by atoms with van der Waals surface area (Å²) in [4.78, 5) is 0. The minimum Gasteiger partial charge on any atom is -0.312 e. The van der Waals surface area contributed by atoms with Crippen molar-refractivity contribution in [2.45, 2.75) is 34.2 Å². The monoisotopic (exact) mass is 271 g/mol. The molecule has 3 heteroatoms. The van der Waals surface area contributed by atoms with Gasteiger partial charge in [-0.15, -0.1) is 0 Å². The molecule has 0 spiro atoms. The van der Waals surface area contributed by atoms with Gasteiger partial charge in [0.15, 0.2) is 0 Å². The SMILES string of the molecule is CC(C)C(CNCc1ccc(Cl)cc1F)C(C)C. The second-order valence-electron chi connectivity index (χ2n) is 5.52. The van der Waals surface area contributed by atoms with Crippen molar-refractivity contribution < 1.29 is 4.39 Å². The molecule has 0 fully saturated rings. The van der Waals surface area contributed by atoms with Crippen molar-refractivity contribution in [3.05, 3.63) is 34.6 Å². The van der Waals surface area contributed by atoms with Crippen molar-refractivity contribution >= 4 is 11.6 Å². The molecular formula is C15H23ClFN. The fraction of sp³-hybridized carbons (Fsp3) is 0.600. The second kappa shape index (κ2) is 7.10. The predicted molar refractivity (Wildman–Crippen MR) is 76.3 cm³/mol. The van der Waals surface area contributed by atoms with E-state index in [2.05, 4.69) is 33.0 Å². The quantitative estimate of drug-likeness (QED) is 0.803. The molecule has 1 rings (SSSR count). The molecule has 1 N–H and O–H groups in total. The summed E-state index contributed by atoms with van der Waals surface area (Å²) in [6.45, 7) is 10.4. The van der Waals surface area contributed by atoms with Crippen molar-refractivity contribution in [1.29, 1.82) is 0 Å². The molecular weight excluding hydrogens is 249 g/mol. The first kappa shape index (κ1) is 15.5. The molecule has 1 aromatic rings. The van der Waals surface area contributed by atoms with Crippen LogP contribution in [-0.4, -0.2) is 6.54 Å². The molecule has 0 radical (unpaired) electrons. The number of benzene rings is 1. The van der Waals surface area contributed by atoms with Gasteiger partial charge in [0.2, 0.25) is 0 Å². The standard InChI is InChI=1S/C15H23ClFN/c1-10(2)14(11(3)4)9-18-8-12-5-6-13(16)7-15(12)17/h5-7,10-11,14,18H,8-9H2,1-4H3. The highest BCUT2D eigenvalue weighted by atomic mass is 35.5. The maximum atomic E-state index is 13.6. The normalized spacial score (nSPS) is 11.8. The maximum Gasteiger partial charge on any atom is 0.129 e. The van der Waals surface area contributed by atoms with E-state index in [1.54, 1.807) is 12.1 Å². The Morgan fingerprint density at radius 2 is 1.78 bits per heavy atom. The largest absolute Gasteiger partial charge is 0.312 e. The van der Waals surface area contributed by atoms with E-state index >= 15 is 0 Å². The molecule has 0 aromatic heterocycles. The summed E-state index contributed by atoms with van der Waals surface area (Å²) >= 11 is 5.72. The Kier molecular flexibility index (Phi) is 6.10. The lowest BCUT2D eigenvalue weighted by molar-refractivity contribution is 0.275. The molecule has 0 unspecified atom stereocenters. The zero-order chi connectivity index (χ0) is 13.7. The third kappa shape index (κ3) is 4.58. The van der Waals surface area contributed by atoms with Crippen LogP contribution in [0, 0.1) is 23.6 Å². The van der Waals surface area contributed by atoms with Crippen LogP contribution in [0.25, 0.3) is 0 Å². The lowest BCUT2D eigenvalue weighted by Gasteiger charge is -2.25. The van der Waals surface area contributed by atoms with Gasteiger partial charge < -0.3 is 5.32 Å². The minimum absolute atomic E-state index is 0.236. The van der Waals surface area contributed by atoms with Gasteiger partial charge in [-0.25, -0.2) is 4.39 Å². The third-order valence-corrected chi connectivity index (χ3v) is 3.66. The van der Waals surface area contributed by atoms with E-state index in [4.69, 9.17) is 11.6 Å². The minimum atomic E-state index is -0.236. The van der Waals surface area contributed by atoms with Gasteiger partial charge in [-0.2, -0.15) is 0 Å². The van der Waals surface area contributed by atoms with Crippen LogP contribution in [0.15, 0.2) is 18.2 Å². The molecule has 1 aromatic carbocycles. The van der Waals surface area contributed by atoms with Gasteiger partial charge >= 0.3 is 0 Å². The molecule has 0 aliphatic carbocycles. The Labute approximate surface area is 115 Å². The highest BCUT2D eigenvalue weighted by Crippen LogP contribution is 2.20. The van der Waals surface area contributed by atoms with Gasteiger partial charge in [-0.05, 0) is 36.4 Å². The molecule has 0 atom stereocenters. The summed E-state index contributed by atoms with van der Waals surface area (Å²) in [5.74, 6) is 1.64. The van der Waals surface area contributed by atoms with E-state index in [1.807, 2.05) is 0 Å². The summed E-state index contributed by atoms with van der Waals surface area (Å²) in [7, 11) is 0. The number of hydrogen-bond acceptors (Lipinski definition) is 1. The van der Waals surface area contributed by atoms with Gasteiger partial charge in [-0.1, -0.05) is 45.4 Å². The van der Waals surface area contributed by atoms with Crippen molar-refractivity contribution in [1.82, 2.24) is 5.32 Å². The first-order valence-corrected chi connectivity index (χ1v) is 6.94. The van der Waals surface area contributed by atoms with Crippen molar-refractivity contribution in [2.75, 3.05) is 6.54 Å².